The minimum absolute atomic E-state index is 0. The molecule has 4 radical (unpaired) electrons. The maximum Gasteiger partial charge on any atom is 0.381 e. The molecule has 0 saturated carbocycles. The van der Waals surface area contributed by atoms with Crippen LogP contribution >= 0.6 is 0 Å². The fourth-order valence-corrected chi connectivity index (χ4v) is 10.2. The van der Waals surface area contributed by atoms with Gasteiger partial charge in [0.15, 0.2) is 0 Å². The molecule has 0 amide bonds. The number of hydrogen-bond acceptors (Lipinski definition) is 7. The van der Waals surface area contributed by atoms with Crippen LogP contribution in [0.3, 0.4) is 0 Å². The second-order valence-electron chi connectivity index (χ2n) is 22.1. The summed E-state index contributed by atoms with van der Waals surface area (Å²) in [4.78, 5) is 29.9. The Labute approximate surface area is 691 Å². The second kappa shape index (κ2) is 46.7. The Morgan fingerprint density at radius 1 is 0.234 bits per heavy atom. The molecule has 0 saturated heterocycles. The minimum Gasteiger partial charge on any atom is -0.305 e. The van der Waals surface area contributed by atoms with Crippen molar-refractivity contribution in [2.45, 2.75) is 6.18 Å². The van der Waals surface area contributed by atoms with Crippen LogP contribution in [0.2, 0.25) is 0 Å². The number of rotatable bonds is 8. The quantitative estimate of drug-likeness (QED) is 0.140. The van der Waals surface area contributed by atoms with Gasteiger partial charge in [-0.15, -0.1) is 245 Å². The van der Waals surface area contributed by atoms with E-state index < -0.39 is 11.7 Å². The number of nitrogens with zero attached hydrogens (tertiary/aromatic N) is 7. The first-order valence-electron chi connectivity index (χ1n) is 32.6. The summed E-state index contributed by atoms with van der Waals surface area (Å²) in [5.74, 6) is 0. The second-order valence-corrected chi connectivity index (χ2v) is 22.1. The largest absolute Gasteiger partial charge is 0.381 e. The van der Waals surface area contributed by atoms with Crippen molar-refractivity contribution in [3.05, 3.63) is 431 Å². The van der Waals surface area contributed by atoms with Gasteiger partial charge in [0, 0.05) is 145 Å². The Hall–Kier alpha value is -10.2. The molecular weight excluding hydrogens is 2220 g/mol. The SMILES string of the molecule is FC(F)(F)c1c[c-]c(-c2ccccn2)cc1.[Ir].[Ir].[Ir].[Ir].[Pt].[c-]1ccc(-c2ccccc2)cc1-c1ccccn1.[c-]1ccccc1-c1ccccn1.[c-]1ccccc1-c1ccccn1.[c-]1ccccc1-c1ccccn1.[c-]1ccccc1-c1nccc2ccccc12.[c-]1ccccc1-c1nccc2ccccc12. The van der Waals surface area contributed by atoms with Crippen LogP contribution in [0.4, 0.5) is 13.2 Å². The third-order valence-corrected chi connectivity index (χ3v) is 15.2. The predicted octanol–water partition coefficient (Wildman–Crippen LogP) is 22.8. The fraction of sp³-hybridized carbons (Fsp3) is 0.0109. The van der Waals surface area contributed by atoms with Crippen LogP contribution in [0.1, 0.15) is 5.56 Å². The molecule has 0 unspecified atom stereocenters. The molecule has 17 rings (SSSR count). The number of pyridine rings is 7. The molecule has 0 aliphatic heterocycles. The molecule has 0 atom stereocenters. The van der Waals surface area contributed by atoms with E-state index in [1.165, 1.54) is 38.7 Å². The number of aromatic nitrogens is 7. The first-order chi connectivity index (χ1) is 50.3. The van der Waals surface area contributed by atoms with Gasteiger partial charge in [0.25, 0.3) is 0 Å². The maximum atomic E-state index is 12.3. The molecule has 15 heteroatoms. The molecule has 540 valence electrons. The number of halogens is 3. The molecule has 0 fully saturated rings. The Bertz CT molecular complexity index is 4760. The third kappa shape index (κ3) is 26.7. The summed E-state index contributed by atoms with van der Waals surface area (Å²) >= 11 is 0. The van der Waals surface area contributed by atoms with Crippen molar-refractivity contribution in [3.8, 4) is 89.9 Å². The number of alkyl halides is 3. The summed E-state index contributed by atoms with van der Waals surface area (Å²) in [6, 6.07) is 130. The summed E-state index contributed by atoms with van der Waals surface area (Å²) in [6.45, 7) is 0. The minimum atomic E-state index is -4.32. The summed E-state index contributed by atoms with van der Waals surface area (Å²) < 4.78 is 36.9. The molecule has 7 heterocycles. The van der Waals surface area contributed by atoms with Crippen LogP contribution in [0.5, 0.6) is 0 Å². The molecule has 7 nitrogen and oxygen atoms in total. The van der Waals surface area contributed by atoms with Crippen LogP contribution in [0.25, 0.3) is 111 Å². The third-order valence-electron chi connectivity index (χ3n) is 15.2. The van der Waals surface area contributed by atoms with Crippen molar-refractivity contribution in [2.24, 2.45) is 0 Å². The van der Waals surface area contributed by atoms with E-state index in [2.05, 4.69) is 126 Å². The van der Waals surface area contributed by atoms with E-state index in [4.69, 9.17) is 0 Å². The average molecular weight is 2290 g/mol. The maximum absolute atomic E-state index is 12.3. The van der Waals surface area contributed by atoms with Gasteiger partial charge in [0.2, 0.25) is 0 Å². The summed E-state index contributed by atoms with van der Waals surface area (Å²) in [6.07, 6.45) is 8.12. The zero-order chi connectivity index (χ0) is 70.1. The number of hydrogen-bond donors (Lipinski definition) is 0. The van der Waals surface area contributed by atoms with Crippen LogP contribution < -0.4 is 0 Å². The molecular formula is C92H63F3Ir4N7Pt-7. The van der Waals surface area contributed by atoms with Crippen LogP contribution in [-0.4, -0.2) is 34.9 Å². The Morgan fingerprint density at radius 2 is 0.551 bits per heavy atom. The van der Waals surface area contributed by atoms with Crippen LogP contribution in [0, 0.1) is 42.5 Å². The van der Waals surface area contributed by atoms with E-state index in [1.807, 2.05) is 267 Å². The van der Waals surface area contributed by atoms with Gasteiger partial charge in [-0.3, -0.25) is 0 Å². The van der Waals surface area contributed by atoms with E-state index in [9.17, 15) is 13.2 Å². The fourth-order valence-electron chi connectivity index (χ4n) is 10.2. The molecule has 0 bridgehead atoms. The van der Waals surface area contributed by atoms with Crippen LogP contribution in [0.15, 0.2) is 383 Å². The van der Waals surface area contributed by atoms with Gasteiger partial charge in [-0.2, -0.15) is 13.2 Å². The Balaban J connectivity index is 0.000000195. The zero-order valence-electron chi connectivity index (χ0n) is 56.8. The van der Waals surface area contributed by atoms with Gasteiger partial charge in [-0.1, -0.05) is 140 Å². The number of benzene rings is 10. The van der Waals surface area contributed by atoms with Gasteiger partial charge in [-0.25, -0.2) is 0 Å². The monoisotopic (exact) mass is 2290 g/mol. The van der Waals surface area contributed by atoms with Crippen LogP contribution in [-0.2, 0) is 108 Å². The molecule has 0 N–H and O–H groups in total. The molecule has 10 aromatic carbocycles. The Morgan fingerprint density at radius 3 is 0.879 bits per heavy atom. The molecule has 107 heavy (non-hydrogen) atoms. The first-order valence-corrected chi connectivity index (χ1v) is 32.6. The van der Waals surface area contributed by atoms with Gasteiger partial charge in [0.1, 0.15) is 0 Å². The van der Waals surface area contributed by atoms with Gasteiger partial charge >= 0.3 is 6.18 Å². The molecule has 0 aliphatic carbocycles. The molecule has 17 aromatic rings. The van der Waals surface area contributed by atoms with E-state index in [0.29, 0.717) is 11.3 Å². The normalized spacial score (nSPS) is 9.82. The van der Waals surface area contributed by atoms with E-state index in [1.54, 1.807) is 49.2 Å². The van der Waals surface area contributed by atoms with Gasteiger partial charge in [-0.05, 0) is 115 Å². The standard InChI is InChI=1S/C17H12N.2C15H10N.C12H7F3N.3C11H8N.4Ir.Pt/c1-2-7-14(8-3-1)15-9-6-10-16(13-15)17-11-4-5-12-18-17;2*1-2-7-13(8-3-1)15-14-9-5-4-6-12(14)10-11-16-15;13-12(14,15)10-6-4-9(5-7-10)11-3-1-2-8-16-11;3*1-2-6-10(7-3-1)11-8-4-5-9-12-11;;;;;/h1-9,11-13H;2*1-7,9-11H;1-4,6-8H;3*1-6,8-9H;;;;;/q7*-1;;;;;. The van der Waals surface area contributed by atoms with Crippen molar-refractivity contribution in [1.29, 1.82) is 0 Å². The molecule has 7 aromatic heterocycles. The molecule has 0 spiro atoms. The summed E-state index contributed by atoms with van der Waals surface area (Å²) in [7, 11) is 0. The topological polar surface area (TPSA) is 90.2 Å². The van der Waals surface area contributed by atoms with Crippen molar-refractivity contribution in [3.63, 3.8) is 0 Å². The Kier molecular flexibility index (Phi) is 37.5. The van der Waals surface area contributed by atoms with E-state index in [0.717, 1.165) is 79.7 Å². The number of fused-ring (bicyclic) bond motifs is 2. The predicted molar refractivity (Wildman–Crippen MR) is 405 cm³/mol. The van der Waals surface area contributed by atoms with Crippen molar-refractivity contribution >= 4 is 21.5 Å². The van der Waals surface area contributed by atoms with Gasteiger partial charge in [0.05, 0.1) is 0 Å². The van der Waals surface area contributed by atoms with Crippen molar-refractivity contribution in [1.82, 2.24) is 34.9 Å². The smallest absolute Gasteiger partial charge is 0.305 e. The van der Waals surface area contributed by atoms with Crippen molar-refractivity contribution in [2.75, 3.05) is 0 Å². The van der Waals surface area contributed by atoms with Gasteiger partial charge < -0.3 is 34.9 Å². The van der Waals surface area contributed by atoms with E-state index in [-0.39, 0.29) is 101 Å². The average Bonchev–Trinajstić information content (AvgIpc) is 0.819. The molecule has 0 aliphatic rings. The van der Waals surface area contributed by atoms with E-state index >= 15 is 0 Å². The summed E-state index contributed by atoms with van der Waals surface area (Å²) in [5.41, 5.74) is 14.9. The zero-order valence-corrected chi connectivity index (χ0v) is 68.6. The first kappa shape index (κ1) is 85.8. The summed E-state index contributed by atoms with van der Waals surface area (Å²) in [5, 5.41) is 4.77. The van der Waals surface area contributed by atoms with Crippen molar-refractivity contribution < 1.29 is 115 Å².